The lowest BCUT2D eigenvalue weighted by Gasteiger charge is -2.33. The van der Waals surface area contributed by atoms with Crippen molar-refractivity contribution in [3.63, 3.8) is 0 Å². The van der Waals surface area contributed by atoms with Crippen LogP contribution in [0, 0.1) is 5.92 Å². The van der Waals surface area contributed by atoms with Gasteiger partial charge in [-0.15, -0.1) is 0 Å². The number of nitrogens with two attached hydrogens (primary N) is 1. The number of nitrogens with zero attached hydrogens (tertiary/aromatic N) is 1. The molecule has 1 fully saturated rings. The van der Waals surface area contributed by atoms with E-state index in [2.05, 4.69) is 31.0 Å². The average Bonchev–Trinajstić information content (AvgIpc) is 2.65. The smallest absolute Gasteiger partial charge is 0.255 e. The Hall–Kier alpha value is -2.20. The van der Waals surface area contributed by atoms with E-state index >= 15 is 0 Å². The van der Waals surface area contributed by atoms with Gasteiger partial charge < -0.3 is 16.0 Å². The molecule has 0 bridgehead atoms. The summed E-state index contributed by atoms with van der Waals surface area (Å²) in [7, 11) is 0. The van der Waals surface area contributed by atoms with Crippen LogP contribution in [0.5, 0.6) is 0 Å². The summed E-state index contributed by atoms with van der Waals surface area (Å²) in [6.07, 6.45) is 2.29. The summed E-state index contributed by atoms with van der Waals surface area (Å²) in [5.74, 6) is 1.00. The van der Waals surface area contributed by atoms with Crippen molar-refractivity contribution >= 4 is 34.6 Å². The highest BCUT2D eigenvalue weighted by Gasteiger charge is 2.20. The van der Waals surface area contributed by atoms with E-state index in [-0.39, 0.29) is 5.91 Å². The van der Waals surface area contributed by atoms with Crippen LogP contribution < -0.4 is 16.0 Å². The molecule has 1 amide bonds. The Morgan fingerprint density at radius 3 is 2.41 bits per heavy atom. The highest BCUT2D eigenvalue weighted by Crippen LogP contribution is 2.35. The molecular formula is C22H28ClN3O. The van der Waals surface area contributed by atoms with Gasteiger partial charge in [-0.05, 0) is 54.5 Å². The van der Waals surface area contributed by atoms with Crippen molar-refractivity contribution in [3.8, 4) is 0 Å². The summed E-state index contributed by atoms with van der Waals surface area (Å²) in [6, 6.07) is 11.3. The lowest BCUT2D eigenvalue weighted by molar-refractivity contribution is 0.102. The molecule has 4 nitrogen and oxygen atoms in total. The van der Waals surface area contributed by atoms with E-state index in [9.17, 15) is 4.79 Å². The Kier molecular flexibility index (Phi) is 5.95. The largest absolute Gasteiger partial charge is 0.397 e. The minimum atomic E-state index is -0.171. The van der Waals surface area contributed by atoms with Crippen molar-refractivity contribution in [2.45, 2.75) is 39.5 Å². The second-order valence-corrected chi connectivity index (χ2v) is 8.20. The normalized spacial score (nSPS) is 15.2. The van der Waals surface area contributed by atoms with Gasteiger partial charge in [-0.3, -0.25) is 4.79 Å². The predicted octanol–water partition coefficient (Wildman–Crippen LogP) is 5.53. The van der Waals surface area contributed by atoms with Crippen molar-refractivity contribution < 1.29 is 4.79 Å². The van der Waals surface area contributed by atoms with Crippen LogP contribution in [0.3, 0.4) is 0 Å². The van der Waals surface area contributed by atoms with Crippen molar-refractivity contribution in [1.82, 2.24) is 0 Å². The minimum absolute atomic E-state index is 0.171. The number of benzene rings is 2. The molecule has 2 aromatic carbocycles. The van der Waals surface area contributed by atoms with Gasteiger partial charge in [0.2, 0.25) is 0 Å². The third kappa shape index (κ3) is 4.56. The molecule has 1 saturated heterocycles. The first-order valence-corrected chi connectivity index (χ1v) is 9.98. The zero-order valence-corrected chi connectivity index (χ0v) is 17.0. The number of anilines is 3. The molecule has 3 rings (SSSR count). The molecule has 0 unspecified atom stereocenters. The first-order valence-electron chi connectivity index (χ1n) is 9.60. The Balaban J connectivity index is 1.79. The fourth-order valence-corrected chi connectivity index (χ4v) is 3.63. The van der Waals surface area contributed by atoms with Crippen LogP contribution in [0.4, 0.5) is 17.1 Å². The van der Waals surface area contributed by atoms with Crippen molar-refractivity contribution in [2.75, 3.05) is 29.0 Å². The van der Waals surface area contributed by atoms with Crippen LogP contribution in [0.25, 0.3) is 0 Å². The highest BCUT2D eigenvalue weighted by atomic mass is 35.5. The molecule has 0 atom stereocenters. The van der Waals surface area contributed by atoms with E-state index in [1.165, 1.54) is 5.56 Å². The van der Waals surface area contributed by atoms with Gasteiger partial charge in [0.15, 0.2) is 0 Å². The summed E-state index contributed by atoms with van der Waals surface area (Å²) >= 11 is 6.35. The summed E-state index contributed by atoms with van der Waals surface area (Å²) in [5, 5.41) is 3.39. The number of nitrogens with one attached hydrogen (secondary N) is 1. The van der Waals surface area contributed by atoms with Gasteiger partial charge in [-0.25, -0.2) is 0 Å². The molecule has 5 heteroatoms. The van der Waals surface area contributed by atoms with E-state index in [1.807, 2.05) is 30.3 Å². The number of nitrogen functional groups attached to an aromatic ring is 1. The van der Waals surface area contributed by atoms with Gasteiger partial charge in [0.05, 0.1) is 22.1 Å². The summed E-state index contributed by atoms with van der Waals surface area (Å²) in [6.45, 7) is 8.48. The van der Waals surface area contributed by atoms with Crippen LogP contribution in [0.2, 0.25) is 5.02 Å². The molecule has 1 aliphatic heterocycles. The molecule has 27 heavy (non-hydrogen) atoms. The van der Waals surface area contributed by atoms with Gasteiger partial charge in [-0.1, -0.05) is 44.5 Å². The maximum atomic E-state index is 12.6. The van der Waals surface area contributed by atoms with Crippen molar-refractivity contribution in [1.29, 1.82) is 0 Å². The summed E-state index contributed by atoms with van der Waals surface area (Å²) in [5.41, 5.74) is 10.2. The van der Waals surface area contributed by atoms with Crippen LogP contribution in [-0.2, 0) is 0 Å². The fourth-order valence-electron chi connectivity index (χ4n) is 3.41. The van der Waals surface area contributed by atoms with Gasteiger partial charge in [0.25, 0.3) is 5.91 Å². The molecule has 1 aliphatic rings. The first-order chi connectivity index (χ1) is 12.8. The maximum absolute atomic E-state index is 12.6. The molecule has 0 radical (unpaired) electrons. The van der Waals surface area contributed by atoms with Gasteiger partial charge in [0, 0.05) is 18.7 Å². The second-order valence-electron chi connectivity index (χ2n) is 7.79. The number of hydrogen-bond acceptors (Lipinski definition) is 3. The standard InChI is InChI=1S/C22H28ClN3O/c1-14(2)16-4-6-17(7-5-16)22(27)25-20-13-21(19(24)12-18(20)23)26-10-8-15(3)9-11-26/h4-7,12-15H,8-11,24H2,1-3H3,(H,25,27). The molecule has 0 spiro atoms. The Morgan fingerprint density at radius 2 is 1.81 bits per heavy atom. The third-order valence-electron chi connectivity index (χ3n) is 5.33. The molecule has 0 aromatic heterocycles. The van der Waals surface area contributed by atoms with Gasteiger partial charge in [0.1, 0.15) is 0 Å². The lowest BCUT2D eigenvalue weighted by atomic mass is 9.98. The lowest BCUT2D eigenvalue weighted by Crippen LogP contribution is -2.33. The van der Waals surface area contributed by atoms with Crippen LogP contribution >= 0.6 is 11.6 Å². The molecular weight excluding hydrogens is 358 g/mol. The second kappa shape index (κ2) is 8.22. The number of carbonyl (C=O) groups is 1. The number of piperidine rings is 1. The van der Waals surface area contributed by atoms with Gasteiger partial charge in [-0.2, -0.15) is 0 Å². The summed E-state index contributed by atoms with van der Waals surface area (Å²) < 4.78 is 0. The Morgan fingerprint density at radius 1 is 1.19 bits per heavy atom. The van der Waals surface area contributed by atoms with Crippen LogP contribution in [0.15, 0.2) is 36.4 Å². The zero-order valence-electron chi connectivity index (χ0n) is 16.3. The number of carbonyl (C=O) groups excluding carboxylic acids is 1. The minimum Gasteiger partial charge on any atom is -0.397 e. The quantitative estimate of drug-likeness (QED) is 0.680. The molecule has 144 valence electrons. The van der Waals surface area contributed by atoms with E-state index in [1.54, 1.807) is 6.07 Å². The molecule has 3 N–H and O–H groups in total. The Bertz CT molecular complexity index is 809. The SMILES string of the molecule is CC1CCN(c2cc(NC(=O)c3ccc(C(C)C)cc3)c(Cl)cc2N)CC1. The first kappa shape index (κ1) is 19.6. The van der Waals surface area contributed by atoms with E-state index in [0.29, 0.717) is 27.9 Å². The monoisotopic (exact) mass is 385 g/mol. The molecule has 2 aromatic rings. The van der Waals surface area contributed by atoms with E-state index in [0.717, 1.165) is 37.5 Å². The summed E-state index contributed by atoms with van der Waals surface area (Å²) in [4.78, 5) is 14.9. The molecule has 0 aliphatic carbocycles. The predicted molar refractivity (Wildman–Crippen MR) is 115 cm³/mol. The van der Waals surface area contributed by atoms with Crippen LogP contribution in [0.1, 0.15) is 55.5 Å². The number of hydrogen-bond donors (Lipinski definition) is 2. The number of rotatable bonds is 4. The zero-order chi connectivity index (χ0) is 19.6. The third-order valence-corrected chi connectivity index (χ3v) is 5.64. The van der Waals surface area contributed by atoms with Crippen molar-refractivity contribution in [2.24, 2.45) is 5.92 Å². The van der Waals surface area contributed by atoms with E-state index < -0.39 is 0 Å². The van der Waals surface area contributed by atoms with E-state index in [4.69, 9.17) is 17.3 Å². The Labute approximate surface area is 166 Å². The van der Waals surface area contributed by atoms with Crippen molar-refractivity contribution in [3.05, 3.63) is 52.5 Å². The average molecular weight is 386 g/mol. The number of amides is 1. The molecule has 1 heterocycles. The maximum Gasteiger partial charge on any atom is 0.255 e. The highest BCUT2D eigenvalue weighted by molar-refractivity contribution is 6.34. The molecule has 0 saturated carbocycles. The number of halogens is 1. The fraction of sp³-hybridized carbons (Fsp3) is 0.409. The van der Waals surface area contributed by atoms with Gasteiger partial charge >= 0.3 is 0 Å². The van der Waals surface area contributed by atoms with Crippen LogP contribution in [-0.4, -0.2) is 19.0 Å². The topological polar surface area (TPSA) is 58.4 Å².